The lowest BCUT2D eigenvalue weighted by Gasteiger charge is -2.03. The summed E-state index contributed by atoms with van der Waals surface area (Å²) in [6.45, 7) is 2.43. The molecule has 19 heavy (non-hydrogen) atoms. The zero-order valence-corrected chi connectivity index (χ0v) is 10.8. The third-order valence-corrected chi connectivity index (χ3v) is 2.74. The molecule has 2 N–H and O–H groups in total. The first-order valence-electron chi connectivity index (χ1n) is 6.23. The van der Waals surface area contributed by atoms with Crippen LogP contribution in [0.4, 0.5) is 0 Å². The van der Waals surface area contributed by atoms with E-state index in [0.717, 1.165) is 11.4 Å². The van der Waals surface area contributed by atoms with Gasteiger partial charge in [-0.25, -0.2) is 4.68 Å². The van der Waals surface area contributed by atoms with Gasteiger partial charge in [0.2, 0.25) is 0 Å². The topological polar surface area (TPSA) is 67.2 Å². The Morgan fingerprint density at radius 1 is 1.37 bits per heavy atom. The summed E-state index contributed by atoms with van der Waals surface area (Å²) in [5.74, 6) is -0.216. The predicted molar refractivity (Wildman–Crippen MR) is 72.3 cm³/mol. The van der Waals surface area contributed by atoms with Gasteiger partial charge in [0.15, 0.2) is 5.69 Å². The first-order chi connectivity index (χ1) is 9.22. The molecule has 0 aliphatic heterocycles. The van der Waals surface area contributed by atoms with Crippen LogP contribution in [0.2, 0.25) is 0 Å². The van der Waals surface area contributed by atoms with Crippen molar-refractivity contribution in [2.45, 2.75) is 13.3 Å². The average Bonchev–Trinajstić information content (AvgIpc) is 2.82. The third-order valence-electron chi connectivity index (χ3n) is 2.74. The maximum atomic E-state index is 11.8. The molecule has 1 aromatic heterocycles. The largest absolute Gasteiger partial charge is 0.396 e. The van der Waals surface area contributed by atoms with Gasteiger partial charge in [0, 0.05) is 18.8 Å². The molecule has 0 bridgehead atoms. The molecule has 0 fully saturated rings. The van der Waals surface area contributed by atoms with Crippen molar-refractivity contribution < 1.29 is 9.90 Å². The second kappa shape index (κ2) is 6.15. The van der Waals surface area contributed by atoms with Crippen LogP contribution >= 0.6 is 0 Å². The molecule has 0 radical (unpaired) electrons. The van der Waals surface area contributed by atoms with Gasteiger partial charge in [-0.3, -0.25) is 4.79 Å². The number of para-hydroxylation sites is 1. The van der Waals surface area contributed by atoms with Crippen LogP contribution in [0.1, 0.15) is 22.6 Å². The molecule has 0 unspecified atom stereocenters. The highest BCUT2D eigenvalue weighted by Gasteiger charge is 2.12. The van der Waals surface area contributed by atoms with E-state index in [4.69, 9.17) is 5.11 Å². The summed E-state index contributed by atoms with van der Waals surface area (Å²) in [6.07, 6.45) is 0.546. The smallest absolute Gasteiger partial charge is 0.271 e. The molecule has 1 heterocycles. The number of nitrogens with one attached hydrogen (secondary N) is 1. The number of hydrogen-bond acceptors (Lipinski definition) is 3. The normalized spacial score (nSPS) is 10.4. The van der Waals surface area contributed by atoms with Crippen molar-refractivity contribution in [3.05, 3.63) is 47.8 Å². The molecule has 0 saturated carbocycles. The predicted octanol–water partition coefficient (Wildman–Crippen LogP) is 1.29. The third kappa shape index (κ3) is 3.20. The molecule has 2 rings (SSSR count). The fourth-order valence-corrected chi connectivity index (χ4v) is 1.79. The van der Waals surface area contributed by atoms with E-state index in [1.165, 1.54) is 0 Å². The number of rotatable bonds is 5. The highest BCUT2D eigenvalue weighted by molar-refractivity contribution is 5.92. The molecule has 0 saturated heterocycles. The summed E-state index contributed by atoms with van der Waals surface area (Å²) in [5.41, 5.74) is 2.22. The molecule has 2 aromatic rings. The van der Waals surface area contributed by atoms with Crippen LogP contribution in [0.15, 0.2) is 36.4 Å². The van der Waals surface area contributed by atoms with Crippen LogP contribution in [0.3, 0.4) is 0 Å². The van der Waals surface area contributed by atoms with E-state index in [1.54, 1.807) is 10.7 Å². The highest BCUT2D eigenvalue weighted by atomic mass is 16.3. The van der Waals surface area contributed by atoms with Gasteiger partial charge in [-0.1, -0.05) is 18.2 Å². The van der Waals surface area contributed by atoms with Crippen molar-refractivity contribution in [2.75, 3.05) is 13.2 Å². The van der Waals surface area contributed by atoms with Gasteiger partial charge < -0.3 is 10.4 Å². The monoisotopic (exact) mass is 259 g/mol. The lowest BCUT2D eigenvalue weighted by Crippen LogP contribution is -2.25. The second-order valence-electron chi connectivity index (χ2n) is 4.25. The van der Waals surface area contributed by atoms with Crippen LogP contribution < -0.4 is 5.32 Å². The maximum Gasteiger partial charge on any atom is 0.271 e. The number of carbonyl (C=O) groups is 1. The standard InChI is InChI=1S/C14H17N3O2/c1-11-10-13(14(19)15-8-5-9-18)16-17(11)12-6-3-2-4-7-12/h2-4,6-7,10,18H,5,8-9H2,1H3,(H,15,19). The Balaban J connectivity index is 2.15. The van der Waals surface area contributed by atoms with Crippen molar-refractivity contribution in [2.24, 2.45) is 0 Å². The number of hydrogen-bond donors (Lipinski definition) is 2. The second-order valence-corrected chi connectivity index (χ2v) is 4.25. The van der Waals surface area contributed by atoms with Gasteiger partial charge in [0.25, 0.3) is 5.91 Å². The molecule has 0 spiro atoms. The number of benzene rings is 1. The van der Waals surface area contributed by atoms with E-state index in [-0.39, 0.29) is 12.5 Å². The Kier molecular flexibility index (Phi) is 4.30. The SMILES string of the molecule is Cc1cc(C(=O)NCCCO)nn1-c1ccccc1. The van der Waals surface area contributed by atoms with Gasteiger partial charge in [-0.15, -0.1) is 0 Å². The van der Waals surface area contributed by atoms with E-state index in [0.29, 0.717) is 18.7 Å². The minimum atomic E-state index is -0.216. The summed E-state index contributed by atoms with van der Waals surface area (Å²) in [4.78, 5) is 11.8. The summed E-state index contributed by atoms with van der Waals surface area (Å²) >= 11 is 0. The van der Waals surface area contributed by atoms with Crippen molar-refractivity contribution >= 4 is 5.91 Å². The van der Waals surface area contributed by atoms with Crippen LogP contribution in [-0.2, 0) is 0 Å². The van der Waals surface area contributed by atoms with Gasteiger partial charge in [0.1, 0.15) is 0 Å². The Morgan fingerprint density at radius 2 is 2.11 bits per heavy atom. The number of aliphatic hydroxyl groups is 1. The highest BCUT2D eigenvalue weighted by Crippen LogP contribution is 2.11. The van der Waals surface area contributed by atoms with Crippen LogP contribution in [0.5, 0.6) is 0 Å². The lowest BCUT2D eigenvalue weighted by atomic mass is 10.3. The first kappa shape index (κ1) is 13.3. The van der Waals surface area contributed by atoms with Crippen LogP contribution in [0.25, 0.3) is 5.69 Å². The van der Waals surface area contributed by atoms with Crippen LogP contribution in [-0.4, -0.2) is 33.9 Å². The summed E-state index contributed by atoms with van der Waals surface area (Å²) in [6, 6.07) is 11.4. The Bertz CT molecular complexity index is 549. The molecule has 5 heteroatoms. The van der Waals surface area contributed by atoms with Crippen molar-refractivity contribution in [3.63, 3.8) is 0 Å². The van der Waals surface area contributed by atoms with E-state index in [9.17, 15) is 4.79 Å². The number of amides is 1. The van der Waals surface area contributed by atoms with Crippen molar-refractivity contribution in [3.8, 4) is 5.69 Å². The molecule has 0 aliphatic carbocycles. The Morgan fingerprint density at radius 3 is 2.79 bits per heavy atom. The lowest BCUT2D eigenvalue weighted by molar-refractivity contribution is 0.0945. The fourth-order valence-electron chi connectivity index (χ4n) is 1.79. The average molecular weight is 259 g/mol. The minimum absolute atomic E-state index is 0.0672. The summed E-state index contributed by atoms with van der Waals surface area (Å²) in [5, 5.41) is 15.7. The Labute approximate surface area is 111 Å². The van der Waals surface area contributed by atoms with Gasteiger partial charge in [-0.2, -0.15) is 5.10 Å². The number of aryl methyl sites for hydroxylation is 1. The summed E-state index contributed by atoms with van der Waals surface area (Å²) in [7, 11) is 0. The first-order valence-corrected chi connectivity index (χ1v) is 6.23. The zero-order chi connectivity index (χ0) is 13.7. The molecule has 0 aliphatic rings. The molecule has 1 amide bonds. The van der Waals surface area contributed by atoms with Gasteiger partial charge in [0.05, 0.1) is 5.69 Å². The summed E-state index contributed by atoms with van der Waals surface area (Å²) < 4.78 is 1.74. The van der Waals surface area contributed by atoms with E-state index in [1.807, 2.05) is 37.3 Å². The van der Waals surface area contributed by atoms with Crippen molar-refractivity contribution in [1.29, 1.82) is 0 Å². The molecule has 5 nitrogen and oxygen atoms in total. The maximum absolute atomic E-state index is 11.8. The molecular formula is C14H17N3O2. The quantitative estimate of drug-likeness (QED) is 0.795. The number of carbonyl (C=O) groups excluding carboxylic acids is 1. The molecule has 0 atom stereocenters. The number of nitrogens with zero attached hydrogens (tertiary/aromatic N) is 2. The number of aromatic nitrogens is 2. The van der Waals surface area contributed by atoms with Gasteiger partial charge >= 0.3 is 0 Å². The molecule has 100 valence electrons. The molecular weight excluding hydrogens is 242 g/mol. The zero-order valence-electron chi connectivity index (χ0n) is 10.8. The molecule has 1 aromatic carbocycles. The Hall–Kier alpha value is -2.14. The van der Waals surface area contributed by atoms with Crippen LogP contribution in [0, 0.1) is 6.92 Å². The van der Waals surface area contributed by atoms with E-state index in [2.05, 4.69) is 10.4 Å². The minimum Gasteiger partial charge on any atom is -0.396 e. The van der Waals surface area contributed by atoms with Gasteiger partial charge in [-0.05, 0) is 31.5 Å². The fraction of sp³-hybridized carbons (Fsp3) is 0.286. The van der Waals surface area contributed by atoms with E-state index >= 15 is 0 Å². The number of aliphatic hydroxyl groups excluding tert-OH is 1. The van der Waals surface area contributed by atoms with E-state index < -0.39 is 0 Å². The van der Waals surface area contributed by atoms with Crippen molar-refractivity contribution in [1.82, 2.24) is 15.1 Å².